The Labute approximate surface area is 103 Å². The molecule has 0 radical (unpaired) electrons. The summed E-state index contributed by atoms with van der Waals surface area (Å²) >= 11 is 5.74. The van der Waals surface area contributed by atoms with Crippen molar-refractivity contribution in [1.82, 2.24) is 10.3 Å². The molecular weight excluding hydrogens is 243 g/mol. The standard InChI is InChI=1S/C12H12ClFN2O/c1-6(2)15-12(17)11-5-8-9(14)3-7(13)4-10(8)16-11/h3-6,16H,1-2H3,(H,15,17). The third kappa shape index (κ3) is 2.42. The molecule has 0 fully saturated rings. The van der Waals surface area contributed by atoms with Crippen LogP contribution >= 0.6 is 11.6 Å². The topological polar surface area (TPSA) is 44.9 Å². The van der Waals surface area contributed by atoms with Gasteiger partial charge in [-0.1, -0.05) is 11.6 Å². The van der Waals surface area contributed by atoms with Crippen molar-refractivity contribution in [3.8, 4) is 0 Å². The highest BCUT2D eigenvalue weighted by Gasteiger charge is 2.13. The van der Waals surface area contributed by atoms with Crippen molar-refractivity contribution in [2.75, 3.05) is 0 Å². The summed E-state index contributed by atoms with van der Waals surface area (Å²) in [6, 6.07) is 4.33. The molecule has 90 valence electrons. The zero-order chi connectivity index (χ0) is 12.6. The highest BCUT2D eigenvalue weighted by Crippen LogP contribution is 2.23. The lowest BCUT2D eigenvalue weighted by Crippen LogP contribution is -2.30. The van der Waals surface area contributed by atoms with Crippen molar-refractivity contribution in [2.45, 2.75) is 19.9 Å². The van der Waals surface area contributed by atoms with Gasteiger partial charge in [-0.15, -0.1) is 0 Å². The second-order valence-corrected chi connectivity index (χ2v) is 4.60. The molecule has 1 aromatic heterocycles. The minimum atomic E-state index is -0.438. The number of rotatable bonds is 2. The first-order valence-electron chi connectivity index (χ1n) is 5.26. The molecule has 2 aromatic rings. The molecule has 1 amide bonds. The first-order valence-corrected chi connectivity index (χ1v) is 5.64. The summed E-state index contributed by atoms with van der Waals surface area (Å²) in [5, 5.41) is 3.39. The number of benzene rings is 1. The molecule has 17 heavy (non-hydrogen) atoms. The Kier molecular flexibility index (Phi) is 3.07. The van der Waals surface area contributed by atoms with Crippen LogP contribution in [0.3, 0.4) is 0 Å². The summed E-state index contributed by atoms with van der Waals surface area (Å²) in [7, 11) is 0. The number of fused-ring (bicyclic) bond motifs is 1. The molecule has 0 atom stereocenters. The second kappa shape index (κ2) is 4.37. The Morgan fingerprint density at radius 1 is 1.41 bits per heavy atom. The first kappa shape index (κ1) is 11.9. The van der Waals surface area contributed by atoms with Gasteiger partial charge in [-0.2, -0.15) is 0 Å². The fraction of sp³-hybridized carbons (Fsp3) is 0.250. The van der Waals surface area contributed by atoms with Gasteiger partial charge in [-0.3, -0.25) is 4.79 Å². The van der Waals surface area contributed by atoms with Crippen molar-refractivity contribution in [2.24, 2.45) is 0 Å². The van der Waals surface area contributed by atoms with Crippen LogP contribution in [0.25, 0.3) is 10.9 Å². The van der Waals surface area contributed by atoms with Crippen molar-refractivity contribution < 1.29 is 9.18 Å². The molecule has 1 heterocycles. The summed E-state index contributed by atoms with van der Waals surface area (Å²) in [5.74, 6) is -0.695. The molecule has 0 aliphatic carbocycles. The van der Waals surface area contributed by atoms with Crippen LogP contribution in [0.5, 0.6) is 0 Å². The molecule has 0 aliphatic heterocycles. The lowest BCUT2D eigenvalue weighted by molar-refractivity contribution is 0.0939. The van der Waals surface area contributed by atoms with Gasteiger partial charge in [0.15, 0.2) is 0 Å². The highest BCUT2D eigenvalue weighted by molar-refractivity contribution is 6.31. The van der Waals surface area contributed by atoms with Gasteiger partial charge in [-0.05, 0) is 32.0 Å². The average Bonchev–Trinajstić information content (AvgIpc) is 2.60. The van der Waals surface area contributed by atoms with E-state index in [1.165, 1.54) is 12.1 Å². The molecule has 5 heteroatoms. The number of nitrogens with one attached hydrogen (secondary N) is 2. The van der Waals surface area contributed by atoms with E-state index < -0.39 is 5.82 Å². The molecule has 0 spiro atoms. The van der Waals surface area contributed by atoms with Crippen LogP contribution in [0, 0.1) is 5.82 Å². The molecule has 0 saturated heterocycles. The third-order valence-electron chi connectivity index (χ3n) is 2.32. The van der Waals surface area contributed by atoms with E-state index in [9.17, 15) is 9.18 Å². The second-order valence-electron chi connectivity index (χ2n) is 4.16. The summed E-state index contributed by atoms with van der Waals surface area (Å²) < 4.78 is 13.6. The Balaban J connectivity index is 2.44. The third-order valence-corrected chi connectivity index (χ3v) is 2.53. The number of carbonyl (C=O) groups is 1. The predicted molar refractivity (Wildman–Crippen MR) is 65.9 cm³/mol. The molecular formula is C12H12ClFN2O. The number of carbonyl (C=O) groups excluding carboxylic acids is 1. The number of halogens is 2. The van der Waals surface area contributed by atoms with E-state index >= 15 is 0 Å². The Morgan fingerprint density at radius 3 is 2.76 bits per heavy atom. The van der Waals surface area contributed by atoms with Gasteiger partial charge in [0.05, 0.1) is 5.52 Å². The minimum Gasteiger partial charge on any atom is -0.350 e. The number of hydrogen-bond donors (Lipinski definition) is 2. The number of amides is 1. The first-order chi connectivity index (χ1) is 7.97. The summed E-state index contributed by atoms with van der Waals surface area (Å²) in [6.45, 7) is 3.72. The van der Waals surface area contributed by atoms with E-state index in [4.69, 9.17) is 11.6 Å². The predicted octanol–water partition coefficient (Wildman–Crippen LogP) is 3.10. The van der Waals surface area contributed by atoms with E-state index in [1.807, 2.05) is 13.8 Å². The molecule has 2 rings (SSSR count). The number of hydrogen-bond acceptors (Lipinski definition) is 1. The van der Waals surface area contributed by atoms with Gasteiger partial charge in [0.25, 0.3) is 5.91 Å². The van der Waals surface area contributed by atoms with Gasteiger partial charge in [0.1, 0.15) is 11.5 Å². The van der Waals surface area contributed by atoms with Gasteiger partial charge in [0, 0.05) is 16.5 Å². The van der Waals surface area contributed by atoms with E-state index in [1.54, 1.807) is 6.07 Å². The number of aromatic amines is 1. The molecule has 0 saturated carbocycles. The molecule has 2 N–H and O–H groups in total. The van der Waals surface area contributed by atoms with Crippen LogP contribution in [-0.4, -0.2) is 16.9 Å². The van der Waals surface area contributed by atoms with Crippen LogP contribution in [-0.2, 0) is 0 Å². The lowest BCUT2D eigenvalue weighted by Gasteiger charge is -2.05. The van der Waals surface area contributed by atoms with Crippen LogP contribution in [0.2, 0.25) is 5.02 Å². The molecule has 0 aliphatic rings. The smallest absolute Gasteiger partial charge is 0.267 e. The van der Waals surface area contributed by atoms with E-state index in [2.05, 4.69) is 10.3 Å². The Morgan fingerprint density at radius 2 is 2.12 bits per heavy atom. The zero-order valence-electron chi connectivity index (χ0n) is 9.47. The van der Waals surface area contributed by atoms with Crippen LogP contribution in [0.15, 0.2) is 18.2 Å². The van der Waals surface area contributed by atoms with Crippen molar-refractivity contribution in [3.63, 3.8) is 0 Å². The van der Waals surface area contributed by atoms with Gasteiger partial charge in [0.2, 0.25) is 0 Å². The number of H-pyrrole nitrogens is 1. The van der Waals surface area contributed by atoms with Crippen LogP contribution in [0.4, 0.5) is 4.39 Å². The zero-order valence-corrected chi connectivity index (χ0v) is 10.2. The van der Waals surface area contributed by atoms with E-state index in [-0.39, 0.29) is 11.9 Å². The molecule has 0 unspecified atom stereocenters. The fourth-order valence-electron chi connectivity index (χ4n) is 1.62. The van der Waals surface area contributed by atoms with Crippen molar-refractivity contribution >= 4 is 28.4 Å². The maximum absolute atomic E-state index is 13.6. The number of aromatic nitrogens is 1. The van der Waals surface area contributed by atoms with E-state index in [0.717, 1.165) is 0 Å². The highest BCUT2D eigenvalue weighted by atomic mass is 35.5. The normalized spacial score (nSPS) is 11.1. The summed E-state index contributed by atoms with van der Waals surface area (Å²) in [6.07, 6.45) is 0. The van der Waals surface area contributed by atoms with Crippen LogP contribution in [0.1, 0.15) is 24.3 Å². The quantitative estimate of drug-likeness (QED) is 0.850. The fourth-order valence-corrected chi connectivity index (χ4v) is 1.83. The van der Waals surface area contributed by atoms with Crippen LogP contribution < -0.4 is 5.32 Å². The monoisotopic (exact) mass is 254 g/mol. The lowest BCUT2D eigenvalue weighted by atomic mass is 10.2. The van der Waals surface area contributed by atoms with Crippen molar-refractivity contribution in [1.29, 1.82) is 0 Å². The summed E-state index contributed by atoms with van der Waals surface area (Å²) in [5.41, 5.74) is 0.846. The maximum Gasteiger partial charge on any atom is 0.267 e. The molecule has 1 aromatic carbocycles. The Bertz CT molecular complexity index is 577. The van der Waals surface area contributed by atoms with Gasteiger partial charge >= 0.3 is 0 Å². The van der Waals surface area contributed by atoms with Gasteiger partial charge < -0.3 is 10.3 Å². The Hall–Kier alpha value is -1.55. The largest absolute Gasteiger partial charge is 0.350 e. The molecule has 0 bridgehead atoms. The summed E-state index contributed by atoms with van der Waals surface area (Å²) in [4.78, 5) is 14.6. The average molecular weight is 255 g/mol. The maximum atomic E-state index is 13.6. The molecule has 3 nitrogen and oxygen atoms in total. The SMILES string of the molecule is CC(C)NC(=O)c1cc2c(F)cc(Cl)cc2[nH]1. The van der Waals surface area contributed by atoms with Gasteiger partial charge in [-0.25, -0.2) is 4.39 Å². The minimum absolute atomic E-state index is 0.0300. The van der Waals surface area contributed by atoms with Crippen molar-refractivity contribution in [3.05, 3.63) is 34.7 Å². The van der Waals surface area contributed by atoms with E-state index in [0.29, 0.717) is 21.6 Å².